The zero-order valence-electron chi connectivity index (χ0n) is 11.8. The van der Waals surface area contributed by atoms with E-state index in [1.807, 2.05) is 49.4 Å². The number of aliphatic hydroxyl groups is 1. The van der Waals surface area contributed by atoms with E-state index >= 15 is 0 Å². The highest BCUT2D eigenvalue weighted by molar-refractivity contribution is 5.48. The molecule has 106 valence electrons. The molecule has 1 atom stereocenters. The number of rotatable bonds is 2. The van der Waals surface area contributed by atoms with Crippen molar-refractivity contribution in [1.29, 1.82) is 0 Å². The molecule has 0 aromatic heterocycles. The first-order valence-corrected chi connectivity index (χ1v) is 6.92. The maximum Gasteiger partial charge on any atom is 0.231 e. The Morgan fingerprint density at radius 2 is 1.86 bits per heavy atom. The average molecular weight is 280 g/mol. The molecule has 3 nitrogen and oxygen atoms in total. The number of benzene rings is 2. The van der Waals surface area contributed by atoms with Gasteiger partial charge in [-0.2, -0.15) is 0 Å². The van der Waals surface area contributed by atoms with Gasteiger partial charge in [-0.3, -0.25) is 0 Å². The minimum Gasteiger partial charge on any atom is -0.454 e. The SMILES string of the molecule is CCC(O)(C#Cc1ccccc1)c1ccc2c(c1)OCO2. The van der Waals surface area contributed by atoms with E-state index in [1.54, 1.807) is 6.07 Å². The maximum absolute atomic E-state index is 10.8. The van der Waals surface area contributed by atoms with E-state index in [0.29, 0.717) is 17.9 Å². The van der Waals surface area contributed by atoms with Crippen LogP contribution in [0.1, 0.15) is 24.5 Å². The van der Waals surface area contributed by atoms with Crippen LogP contribution in [-0.4, -0.2) is 11.9 Å². The summed E-state index contributed by atoms with van der Waals surface area (Å²) in [6.45, 7) is 2.13. The van der Waals surface area contributed by atoms with Crippen molar-refractivity contribution in [2.75, 3.05) is 6.79 Å². The molecule has 0 saturated carbocycles. The van der Waals surface area contributed by atoms with Gasteiger partial charge in [-0.25, -0.2) is 0 Å². The fourth-order valence-electron chi connectivity index (χ4n) is 2.22. The van der Waals surface area contributed by atoms with Gasteiger partial charge in [-0.1, -0.05) is 43.0 Å². The van der Waals surface area contributed by atoms with E-state index in [9.17, 15) is 5.11 Å². The van der Waals surface area contributed by atoms with Gasteiger partial charge in [0.2, 0.25) is 6.79 Å². The van der Waals surface area contributed by atoms with Crippen molar-refractivity contribution in [2.45, 2.75) is 18.9 Å². The minimum absolute atomic E-state index is 0.221. The summed E-state index contributed by atoms with van der Waals surface area (Å²) in [6.07, 6.45) is 0.493. The highest BCUT2D eigenvalue weighted by Crippen LogP contribution is 2.36. The predicted octanol–water partition coefficient (Wildman–Crippen LogP) is 3.06. The predicted molar refractivity (Wildman–Crippen MR) is 80.1 cm³/mol. The Bertz CT molecular complexity index is 697. The third-order valence-corrected chi connectivity index (χ3v) is 3.55. The van der Waals surface area contributed by atoms with Crippen molar-refractivity contribution < 1.29 is 14.6 Å². The number of hydrogen-bond donors (Lipinski definition) is 1. The second kappa shape index (κ2) is 5.51. The first kappa shape index (κ1) is 13.5. The number of hydrogen-bond acceptors (Lipinski definition) is 3. The molecule has 1 heterocycles. The molecule has 1 unspecified atom stereocenters. The Morgan fingerprint density at radius 3 is 2.62 bits per heavy atom. The molecule has 0 spiro atoms. The van der Waals surface area contributed by atoms with E-state index in [1.165, 1.54) is 0 Å². The van der Waals surface area contributed by atoms with Crippen LogP contribution in [0.25, 0.3) is 0 Å². The Morgan fingerprint density at radius 1 is 1.10 bits per heavy atom. The summed E-state index contributed by atoms with van der Waals surface area (Å²) in [5, 5.41) is 10.8. The average Bonchev–Trinajstić information content (AvgIpc) is 3.01. The summed E-state index contributed by atoms with van der Waals surface area (Å²) < 4.78 is 10.6. The fourth-order valence-corrected chi connectivity index (χ4v) is 2.22. The molecular formula is C18H16O3. The highest BCUT2D eigenvalue weighted by atomic mass is 16.7. The Kier molecular flexibility index (Phi) is 3.55. The quantitative estimate of drug-likeness (QED) is 0.859. The van der Waals surface area contributed by atoms with Gasteiger partial charge < -0.3 is 14.6 Å². The fraction of sp³-hybridized carbons (Fsp3) is 0.222. The first-order chi connectivity index (χ1) is 10.2. The van der Waals surface area contributed by atoms with Crippen molar-refractivity contribution in [3.63, 3.8) is 0 Å². The zero-order chi connectivity index (χ0) is 14.7. The van der Waals surface area contributed by atoms with E-state index in [4.69, 9.17) is 9.47 Å². The van der Waals surface area contributed by atoms with Gasteiger partial charge in [-0.15, -0.1) is 0 Å². The molecule has 0 radical (unpaired) electrons. The third kappa shape index (κ3) is 2.72. The molecule has 2 aromatic carbocycles. The van der Waals surface area contributed by atoms with Crippen LogP contribution < -0.4 is 9.47 Å². The van der Waals surface area contributed by atoms with Gasteiger partial charge in [0.25, 0.3) is 0 Å². The van der Waals surface area contributed by atoms with E-state index in [2.05, 4.69) is 11.8 Å². The monoisotopic (exact) mass is 280 g/mol. The van der Waals surface area contributed by atoms with Gasteiger partial charge in [0, 0.05) is 5.56 Å². The molecule has 0 saturated heterocycles. The lowest BCUT2D eigenvalue weighted by molar-refractivity contribution is 0.0956. The lowest BCUT2D eigenvalue weighted by Gasteiger charge is -2.21. The number of fused-ring (bicyclic) bond motifs is 1. The molecule has 0 aliphatic carbocycles. The van der Waals surface area contributed by atoms with Gasteiger partial charge in [-0.05, 0) is 36.2 Å². The summed E-state index contributed by atoms with van der Waals surface area (Å²) in [7, 11) is 0. The van der Waals surface area contributed by atoms with Crippen LogP contribution in [0.15, 0.2) is 48.5 Å². The molecule has 2 aromatic rings. The Labute approximate surface area is 124 Å². The second-order valence-electron chi connectivity index (χ2n) is 4.90. The first-order valence-electron chi connectivity index (χ1n) is 6.92. The Hall–Kier alpha value is -2.44. The molecular weight excluding hydrogens is 264 g/mol. The van der Waals surface area contributed by atoms with Crippen LogP contribution >= 0.6 is 0 Å². The van der Waals surface area contributed by atoms with Crippen molar-refractivity contribution in [2.24, 2.45) is 0 Å². The van der Waals surface area contributed by atoms with Crippen LogP contribution in [0.5, 0.6) is 11.5 Å². The van der Waals surface area contributed by atoms with Crippen molar-refractivity contribution in [3.05, 3.63) is 59.7 Å². The van der Waals surface area contributed by atoms with Crippen molar-refractivity contribution in [1.82, 2.24) is 0 Å². The van der Waals surface area contributed by atoms with E-state index in [0.717, 1.165) is 11.1 Å². The summed E-state index contributed by atoms with van der Waals surface area (Å²) >= 11 is 0. The van der Waals surface area contributed by atoms with Crippen LogP contribution in [0, 0.1) is 11.8 Å². The third-order valence-electron chi connectivity index (χ3n) is 3.55. The molecule has 1 aliphatic rings. The normalized spacial score (nSPS) is 15.0. The maximum atomic E-state index is 10.8. The van der Waals surface area contributed by atoms with E-state index < -0.39 is 5.60 Å². The molecule has 1 aliphatic heterocycles. The number of ether oxygens (including phenoxy) is 2. The molecule has 3 heteroatoms. The van der Waals surface area contributed by atoms with Crippen molar-refractivity contribution in [3.8, 4) is 23.3 Å². The topological polar surface area (TPSA) is 38.7 Å². The second-order valence-corrected chi connectivity index (χ2v) is 4.90. The standard InChI is InChI=1S/C18H16O3/c1-2-18(19,11-10-14-6-4-3-5-7-14)15-8-9-16-17(12-15)21-13-20-16/h3-9,12,19H,2,13H2,1H3. The molecule has 3 rings (SSSR count). The van der Waals surface area contributed by atoms with Gasteiger partial charge in [0.15, 0.2) is 17.1 Å². The summed E-state index contributed by atoms with van der Waals surface area (Å²) in [5.41, 5.74) is 0.402. The van der Waals surface area contributed by atoms with Crippen molar-refractivity contribution >= 4 is 0 Å². The largest absolute Gasteiger partial charge is 0.454 e. The summed E-state index contributed by atoms with van der Waals surface area (Å²) in [4.78, 5) is 0. The summed E-state index contributed by atoms with van der Waals surface area (Å²) in [5.74, 6) is 7.36. The molecule has 0 bridgehead atoms. The van der Waals surface area contributed by atoms with Gasteiger partial charge >= 0.3 is 0 Å². The highest BCUT2D eigenvalue weighted by Gasteiger charge is 2.27. The minimum atomic E-state index is -1.20. The summed E-state index contributed by atoms with van der Waals surface area (Å²) in [6, 6.07) is 15.1. The lowest BCUT2D eigenvalue weighted by atomic mass is 9.91. The van der Waals surface area contributed by atoms with Crippen LogP contribution in [0.4, 0.5) is 0 Å². The van der Waals surface area contributed by atoms with E-state index in [-0.39, 0.29) is 6.79 Å². The lowest BCUT2D eigenvalue weighted by Crippen LogP contribution is -2.22. The van der Waals surface area contributed by atoms with Crippen LogP contribution in [-0.2, 0) is 5.60 Å². The zero-order valence-corrected chi connectivity index (χ0v) is 11.8. The smallest absolute Gasteiger partial charge is 0.231 e. The van der Waals surface area contributed by atoms with Crippen LogP contribution in [0.2, 0.25) is 0 Å². The van der Waals surface area contributed by atoms with Gasteiger partial charge in [0.1, 0.15) is 0 Å². The molecule has 0 amide bonds. The Balaban J connectivity index is 1.95. The molecule has 21 heavy (non-hydrogen) atoms. The van der Waals surface area contributed by atoms with Crippen LogP contribution in [0.3, 0.4) is 0 Å². The molecule has 0 fully saturated rings. The molecule has 1 N–H and O–H groups in total. The van der Waals surface area contributed by atoms with Gasteiger partial charge in [0.05, 0.1) is 0 Å².